The molecule has 0 aromatic heterocycles. The predicted molar refractivity (Wildman–Crippen MR) is 128 cm³/mol. The molecule has 0 radical (unpaired) electrons. The summed E-state index contributed by atoms with van der Waals surface area (Å²) >= 11 is 0. The molecule has 0 saturated heterocycles. The third-order valence-electron chi connectivity index (χ3n) is 4.92. The van der Waals surface area contributed by atoms with Gasteiger partial charge in [-0.3, -0.25) is 14.2 Å². The van der Waals surface area contributed by atoms with Crippen molar-refractivity contribution in [1.29, 1.82) is 0 Å². The third-order valence-corrected chi connectivity index (χ3v) is 6.82. The van der Waals surface area contributed by atoms with Gasteiger partial charge >= 0.3 is 7.60 Å². The van der Waals surface area contributed by atoms with E-state index in [4.69, 9.17) is 13.9 Å². The van der Waals surface area contributed by atoms with Gasteiger partial charge in [-0.1, -0.05) is 91.0 Å². The van der Waals surface area contributed by atoms with Gasteiger partial charge in [0.2, 0.25) is 5.91 Å². The van der Waals surface area contributed by atoms with Gasteiger partial charge in [0.1, 0.15) is 6.61 Å². The number of carbonyl (C=O) groups is 1. The molecule has 0 N–H and O–H groups in total. The first-order valence-electron chi connectivity index (χ1n) is 10.9. The highest BCUT2D eigenvalue weighted by Gasteiger charge is 2.25. The highest BCUT2D eigenvalue weighted by atomic mass is 31.2. The molecule has 174 valence electrons. The van der Waals surface area contributed by atoms with Gasteiger partial charge in [0.25, 0.3) is 0 Å². The second-order valence-electron chi connectivity index (χ2n) is 7.59. The maximum atomic E-state index is 13.5. The van der Waals surface area contributed by atoms with Crippen LogP contribution in [0.5, 0.6) is 0 Å². The highest BCUT2D eigenvalue weighted by molar-refractivity contribution is 7.53. The average Bonchev–Trinajstić information content (AvgIpc) is 2.85. The van der Waals surface area contributed by atoms with Crippen molar-refractivity contribution in [2.24, 2.45) is 0 Å². The van der Waals surface area contributed by atoms with Crippen LogP contribution in [0.3, 0.4) is 0 Å². The molecular formula is C26H30NO5P. The Morgan fingerprint density at radius 2 is 1.15 bits per heavy atom. The highest BCUT2D eigenvalue weighted by Crippen LogP contribution is 2.50. The van der Waals surface area contributed by atoms with Gasteiger partial charge in [-0.25, -0.2) is 5.06 Å². The molecule has 0 bridgehead atoms. The minimum absolute atomic E-state index is 0.172. The van der Waals surface area contributed by atoms with Gasteiger partial charge < -0.3 is 9.05 Å². The van der Waals surface area contributed by atoms with Crippen LogP contribution < -0.4 is 0 Å². The van der Waals surface area contributed by atoms with E-state index in [9.17, 15) is 9.36 Å². The molecule has 0 aliphatic rings. The van der Waals surface area contributed by atoms with Gasteiger partial charge in [0, 0.05) is 13.5 Å². The van der Waals surface area contributed by atoms with Crippen molar-refractivity contribution >= 4 is 13.5 Å². The number of hydrogen-bond donors (Lipinski definition) is 0. The van der Waals surface area contributed by atoms with E-state index < -0.39 is 7.60 Å². The van der Waals surface area contributed by atoms with E-state index >= 15 is 0 Å². The Balaban J connectivity index is 1.57. The molecule has 0 aliphatic heterocycles. The van der Waals surface area contributed by atoms with E-state index in [2.05, 4.69) is 0 Å². The van der Waals surface area contributed by atoms with Gasteiger partial charge in [-0.2, -0.15) is 0 Å². The Morgan fingerprint density at radius 3 is 1.58 bits per heavy atom. The van der Waals surface area contributed by atoms with E-state index in [1.807, 2.05) is 91.0 Å². The normalized spacial score (nSPS) is 11.3. The van der Waals surface area contributed by atoms with Crippen molar-refractivity contribution in [2.75, 3.05) is 12.7 Å². The lowest BCUT2D eigenvalue weighted by Crippen LogP contribution is -2.30. The molecule has 0 aliphatic carbocycles. The lowest BCUT2D eigenvalue weighted by atomic mass is 10.2. The first kappa shape index (κ1) is 24.9. The summed E-state index contributed by atoms with van der Waals surface area (Å²) in [5.41, 5.74) is 2.79. The number of hydrogen-bond acceptors (Lipinski definition) is 5. The third kappa shape index (κ3) is 8.95. The van der Waals surface area contributed by atoms with E-state index in [-0.39, 0.29) is 38.4 Å². The lowest BCUT2D eigenvalue weighted by molar-refractivity contribution is -0.189. The predicted octanol–water partition coefficient (Wildman–Crippen LogP) is 5.98. The van der Waals surface area contributed by atoms with Gasteiger partial charge in [-0.15, -0.1) is 0 Å². The Kier molecular flexibility index (Phi) is 9.85. The maximum absolute atomic E-state index is 13.5. The molecule has 3 rings (SSSR count). The minimum Gasteiger partial charge on any atom is -0.304 e. The fourth-order valence-corrected chi connectivity index (χ4v) is 4.66. The number of nitrogens with zero attached hydrogens (tertiary/aromatic N) is 1. The fraction of sp³-hybridized carbons (Fsp3) is 0.269. The summed E-state index contributed by atoms with van der Waals surface area (Å²) in [4.78, 5) is 17.7. The van der Waals surface area contributed by atoms with E-state index in [1.165, 1.54) is 12.0 Å². The van der Waals surface area contributed by atoms with Crippen molar-refractivity contribution in [2.45, 2.75) is 33.2 Å². The first-order chi connectivity index (χ1) is 16.0. The molecular weight excluding hydrogens is 437 g/mol. The van der Waals surface area contributed by atoms with Crippen molar-refractivity contribution in [3.05, 3.63) is 108 Å². The summed E-state index contributed by atoms with van der Waals surface area (Å²) < 4.78 is 25.1. The van der Waals surface area contributed by atoms with Crippen molar-refractivity contribution in [3.8, 4) is 0 Å². The standard InChI is InChI=1S/C26H30NO5P/c1-23(28)27(30-20-24-12-5-2-6-13-24)18-11-19-33(29,31-21-25-14-7-3-8-15-25)32-22-26-16-9-4-10-17-26/h2-10,12-17H,11,18-22H2,1H3. The van der Waals surface area contributed by atoms with Crippen molar-refractivity contribution in [1.82, 2.24) is 5.06 Å². The SMILES string of the molecule is CC(=O)N(CCCP(=O)(OCc1ccccc1)OCc1ccccc1)OCc1ccccc1. The molecule has 0 spiro atoms. The Morgan fingerprint density at radius 1 is 0.727 bits per heavy atom. The lowest BCUT2D eigenvalue weighted by Gasteiger charge is -2.23. The molecule has 33 heavy (non-hydrogen) atoms. The van der Waals surface area contributed by atoms with Crippen LogP contribution in [0, 0.1) is 0 Å². The largest absolute Gasteiger partial charge is 0.331 e. The second-order valence-corrected chi connectivity index (χ2v) is 9.77. The van der Waals surface area contributed by atoms with Crippen LogP contribution in [0.15, 0.2) is 91.0 Å². The van der Waals surface area contributed by atoms with Crippen LogP contribution in [-0.2, 0) is 43.1 Å². The minimum atomic E-state index is -3.41. The monoisotopic (exact) mass is 467 g/mol. The van der Waals surface area contributed by atoms with E-state index in [1.54, 1.807) is 0 Å². The Bertz CT molecular complexity index is 967. The van der Waals surface area contributed by atoms with Gasteiger partial charge in [0.15, 0.2) is 0 Å². The summed E-state index contributed by atoms with van der Waals surface area (Å²) in [6.07, 6.45) is 0.584. The zero-order valence-electron chi connectivity index (χ0n) is 18.8. The zero-order chi connectivity index (χ0) is 23.4. The summed E-state index contributed by atoms with van der Waals surface area (Å²) in [5.74, 6) is -0.212. The maximum Gasteiger partial charge on any atom is 0.331 e. The van der Waals surface area contributed by atoms with Gasteiger partial charge in [0.05, 0.1) is 19.4 Å². The van der Waals surface area contributed by atoms with E-state index in [0.717, 1.165) is 16.7 Å². The molecule has 6 nitrogen and oxygen atoms in total. The summed E-state index contributed by atoms with van der Waals surface area (Å²) in [7, 11) is -3.41. The number of benzene rings is 3. The fourth-order valence-electron chi connectivity index (χ4n) is 3.11. The average molecular weight is 468 g/mol. The topological polar surface area (TPSA) is 65.1 Å². The molecule has 0 unspecified atom stereocenters. The van der Waals surface area contributed by atoms with Crippen molar-refractivity contribution in [3.63, 3.8) is 0 Å². The summed E-state index contributed by atoms with van der Waals surface area (Å²) in [6, 6.07) is 28.7. The molecule has 0 atom stereocenters. The quantitative estimate of drug-likeness (QED) is 0.228. The molecule has 0 fully saturated rings. The first-order valence-corrected chi connectivity index (χ1v) is 12.7. The second kappa shape index (κ2) is 13.1. The van der Waals surface area contributed by atoms with Crippen LogP contribution in [-0.4, -0.2) is 23.7 Å². The Hall–Kier alpha value is -2.76. The molecule has 1 amide bonds. The zero-order valence-corrected chi connectivity index (χ0v) is 19.7. The number of rotatable bonds is 13. The number of hydroxylamine groups is 2. The van der Waals surface area contributed by atoms with Crippen LogP contribution in [0.2, 0.25) is 0 Å². The summed E-state index contributed by atoms with van der Waals surface area (Å²) in [6.45, 7) is 2.40. The summed E-state index contributed by atoms with van der Waals surface area (Å²) in [5, 5.41) is 1.30. The molecule has 0 heterocycles. The molecule has 3 aromatic carbocycles. The molecule has 7 heteroatoms. The van der Waals surface area contributed by atoms with Crippen LogP contribution in [0.1, 0.15) is 30.0 Å². The van der Waals surface area contributed by atoms with E-state index in [0.29, 0.717) is 6.42 Å². The molecule has 0 saturated carbocycles. The Labute approximate surface area is 195 Å². The van der Waals surface area contributed by atoms with Crippen molar-refractivity contribution < 1.29 is 23.2 Å². The smallest absolute Gasteiger partial charge is 0.304 e. The van der Waals surface area contributed by atoms with Crippen LogP contribution in [0.4, 0.5) is 0 Å². The van der Waals surface area contributed by atoms with Gasteiger partial charge in [-0.05, 0) is 23.1 Å². The molecule has 3 aromatic rings. The number of carbonyl (C=O) groups excluding carboxylic acids is 1. The van der Waals surface area contributed by atoms with Crippen LogP contribution in [0.25, 0.3) is 0 Å². The number of amides is 1. The van der Waals surface area contributed by atoms with Crippen LogP contribution >= 0.6 is 7.60 Å².